The number of fused-ring (bicyclic) bond motifs is 1. The van der Waals surface area contributed by atoms with Gasteiger partial charge in [0, 0.05) is 23.6 Å². The number of aromatic nitrogens is 1. The van der Waals surface area contributed by atoms with Gasteiger partial charge in [-0.1, -0.05) is 24.3 Å². The predicted octanol–water partition coefficient (Wildman–Crippen LogP) is 4.69. The number of halogens is 2. The molecule has 0 fully saturated rings. The highest BCUT2D eigenvalue weighted by atomic mass is 79.9. The quantitative estimate of drug-likeness (QED) is 0.594. The van der Waals surface area contributed by atoms with Crippen molar-refractivity contribution in [2.45, 2.75) is 13.0 Å². The van der Waals surface area contributed by atoms with Gasteiger partial charge in [0.15, 0.2) is 0 Å². The van der Waals surface area contributed by atoms with Gasteiger partial charge in [-0.2, -0.15) is 0 Å². The van der Waals surface area contributed by atoms with E-state index in [1.807, 2.05) is 6.07 Å². The third kappa shape index (κ3) is 4.28. The molecule has 0 saturated heterocycles. The molecule has 0 atom stereocenters. The summed E-state index contributed by atoms with van der Waals surface area (Å²) in [5, 5.41) is 4.81. The summed E-state index contributed by atoms with van der Waals surface area (Å²) in [6, 6.07) is 14.6. The Morgan fingerprint density at radius 1 is 1.17 bits per heavy atom. The number of nitrogens with one attached hydrogen (secondary N) is 2. The van der Waals surface area contributed by atoms with E-state index in [2.05, 4.69) is 68.8 Å². The molecule has 5 heteroatoms. The van der Waals surface area contributed by atoms with Crippen molar-refractivity contribution in [3.05, 3.63) is 64.3 Å². The summed E-state index contributed by atoms with van der Waals surface area (Å²) in [5.74, 6) is 0.863. The number of H-pyrrole nitrogens is 1. The molecule has 0 aliphatic heterocycles. The number of hydrogen-bond donors (Lipinski definition) is 2. The number of para-hydroxylation sites is 1. The van der Waals surface area contributed by atoms with Crippen molar-refractivity contribution >= 4 is 39.2 Å². The van der Waals surface area contributed by atoms with Gasteiger partial charge in [-0.05, 0) is 58.2 Å². The first-order valence-corrected chi connectivity index (χ1v) is 8.15. The van der Waals surface area contributed by atoms with Crippen LogP contribution in [0.5, 0.6) is 5.75 Å². The molecule has 0 bridgehead atoms. The van der Waals surface area contributed by atoms with Gasteiger partial charge in [-0.15, -0.1) is 12.4 Å². The van der Waals surface area contributed by atoms with Crippen molar-refractivity contribution in [2.24, 2.45) is 0 Å². The number of benzene rings is 2. The molecule has 2 aromatic carbocycles. The number of aromatic amines is 1. The van der Waals surface area contributed by atoms with Gasteiger partial charge in [-0.3, -0.25) is 0 Å². The number of rotatable bonds is 6. The molecule has 0 radical (unpaired) electrons. The second-order valence-corrected chi connectivity index (χ2v) is 6.11. The zero-order valence-electron chi connectivity index (χ0n) is 12.9. The van der Waals surface area contributed by atoms with Crippen LogP contribution in [0.25, 0.3) is 10.9 Å². The minimum Gasteiger partial charge on any atom is -0.496 e. The fourth-order valence-corrected chi connectivity index (χ4v) is 3.20. The fraction of sp³-hybridized carbons (Fsp3) is 0.222. The van der Waals surface area contributed by atoms with Gasteiger partial charge in [0.05, 0.1) is 11.6 Å². The van der Waals surface area contributed by atoms with E-state index in [9.17, 15) is 0 Å². The van der Waals surface area contributed by atoms with Crippen LogP contribution in [0.1, 0.15) is 11.1 Å². The smallest absolute Gasteiger partial charge is 0.133 e. The Morgan fingerprint density at radius 2 is 2.00 bits per heavy atom. The molecule has 0 saturated carbocycles. The monoisotopic (exact) mass is 394 g/mol. The van der Waals surface area contributed by atoms with Gasteiger partial charge in [0.1, 0.15) is 5.75 Å². The van der Waals surface area contributed by atoms with Crippen molar-refractivity contribution in [1.29, 1.82) is 0 Å². The Morgan fingerprint density at radius 3 is 2.78 bits per heavy atom. The van der Waals surface area contributed by atoms with Crippen LogP contribution in [0.15, 0.2) is 53.1 Å². The predicted molar refractivity (Wildman–Crippen MR) is 102 cm³/mol. The van der Waals surface area contributed by atoms with Crippen LogP contribution in [0.4, 0.5) is 0 Å². The minimum atomic E-state index is 0. The number of methoxy groups -OCH3 is 1. The van der Waals surface area contributed by atoms with Gasteiger partial charge >= 0.3 is 0 Å². The Bertz CT molecular complexity index is 773. The van der Waals surface area contributed by atoms with Crippen LogP contribution >= 0.6 is 28.3 Å². The Kier molecular flexibility index (Phi) is 6.51. The summed E-state index contributed by atoms with van der Waals surface area (Å²) in [7, 11) is 1.68. The summed E-state index contributed by atoms with van der Waals surface area (Å²) in [6.45, 7) is 1.80. The van der Waals surface area contributed by atoms with Crippen molar-refractivity contribution in [3.8, 4) is 5.75 Å². The fourth-order valence-electron chi connectivity index (χ4n) is 2.61. The molecule has 0 spiro atoms. The molecule has 3 rings (SSSR count). The summed E-state index contributed by atoms with van der Waals surface area (Å²) < 4.78 is 6.24. The van der Waals surface area contributed by atoms with Crippen molar-refractivity contribution < 1.29 is 4.74 Å². The van der Waals surface area contributed by atoms with Gasteiger partial charge < -0.3 is 15.0 Å². The van der Waals surface area contributed by atoms with E-state index in [0.717, 1.165) is 29.7 Å². The lowest BCUT2D eigenvalue weighted by atomic mass is 10.1. The van der Waals surface area contributed by atoms with E-state index in [-0.39, 0.29) is 12.4 Å². The SMILES string of the molecule is COc1ccc(CNCCc2c[nH]c3ccccc23)cc1Br.Cl. The largest absolute Gasteiger partial charge is 0.496 e. The summed E-state index contributed by atoms with van der Waals surface area (Å²) in [6.07, 6.45) is 3.12. The van der Waals surface area contributed by atoms with Crippen LogP contribution < -0.4 is 10.1 Å². The molecule has 1 aromatic heterocycles. The molecular formula is C18H20BrClN2O. The van der Waals surface area contributed by atoms with E-state index in [4.69, 9.17) is 4.74 Å². The Balaban J connectivity index is 0.00000192. The molecule has 3 nitrogen and oxygen atoms in total. The molecule has 0 unspecified atom stereocenters. The van der Waals surface area contributed by atoms with Crippen LogP contribution in [0, 0.1) is 0 Å². The summed E-state index contributed by atoms with van der Waals surface area (Å²) >= 11 is 3.52. The van der Waals surface area contributed by atoms with Crippen LogP contribution in [-0.4, -0.2) is 18.6 Å². The molecular weight excluding hydrogens is 376 g/mol. The average Bonchev–Trinajstić information content (AvgIpc) is 2.95. The lowest BCUT2D eigenvalue weighted by molar-refractivity contribution is 0.412. The first-order chi connectivity index (χ1) is 10.8. The van der Waals surface area contributed by atoms with E-state index in [0.29, 0.717) is 0 Å². The summed E-state index contributed by atoms with van der Waals surface area (Å²) in [4.78, 5) is 3.32. The second kappa shape index (κ2) is 8.39. The van der Waals surface area contributed by atoms with Crippen LogP contribution in [-0.2, 0) is 13.0 Å². The highest BCUT2D eigenvalue weighted by Gasteiger charge is 2.03. The zero-order valence-corrected chi connectivity index (χ0v) is 15.3. The van der Waals surface area contributed by atoms with Crippen molar-refractivity contribution in [2.75, 3.05) is 13.7 Å². The third-order valence-corrected chi connectivity index (χ3v) is 4.41. The highest BCUT2D eigenvalue weighted by Crippen LogP contribution is 2.25. The molecule has 0 aliphatic carbocycles. The van der Waals surface area contributed by atoms with Gasteiger partial charge in [0.25, 0.3) is 0 Å². The Hall–Kier alpha value is -1.49. The second-order valence-electron chi connectivity index (χ2n) is 5.26. The highest BCUT2D eigenvalue weighted by molar-refractivity contribution is 9.10. The molecule has 0 amide bonds. The van der Waals surface area contributed by atoms with Crippen LogP contribution in [0.3, 0.4) is 0 Å². The van der Waals surface area contributed by atoms with Crippen LogP contribution in [0.2, 0.25) is 0 Å². The van der Waals surface area contributed by atoms with E-state index >= 15 is 0 Å². The van der Waals surface area contributed by atoms with E-state index in [1.54, 1.807) is 7.11 Å². The lowest BCUT2D eigenvalue weighted by Crippen LogP contribution is -2.16. The average molecular weight is 396 g/mol. The molecule has 1 heterocycles. The van der Waals surface area contributed by atoms with Gasteiger partial charge in [-0.25, -0.2) is 0 Å². The van der Waals surface area contributed by atoms with E-state index in [1.165, 1.54) is 22.0 Å². The number of ether oxygens (including phenoxy) is 1. The molecule has 2 N–H and O–H groups in total. The standard InChI is InChI=1S/C18H19BrN2O.ClH/c1-22-18-7-6-13(10-16(18)19)11-20-9-8-14-12-21-17-5-3-2-4-15(14)17;/h2-7,10,12,20-21H,8-9,11H2,1H3;1H. The minimum absolute atomic E-state index is 0. The molecule has 0 aliphatic rings. The normalized spacial score (nSPS) is 10.5. The molecule has 122 valence electrons. The topological polar surface area (TPSA) is 37.0 Å². The molecule has 23 heavy (non-hydrogen) atoms. The first kappa shape index (κ1) is 17.9. The maximum atomic E-state index is 5.24. The summed E-state index contributed by atoms with van der Waals surface area (Å²) in [5.41, 5.74) is 3.81. The van der Waals surface area contributed by atoms with Crippen molar-refractivity contribution in [1.82, 2.24) is 10.3 Å². The maximum absolute atomic E-state index is 5.24. The molecule has 3 aromatic rings. The maximum Gasteiger partial charge on any atom is 0.133 e. The zero-order chi connectivity index (χ0) is 15.4. The third-order valence-electron chi connectivity index (χ3n) is 3.79. The Labute approximate surface area is 151 Å². The number of hydrogen-bond acceptors (Lipinski definition) is 2. The van der Waals surface area contributed by atoms with E-state index < -0.39 is 0 Å². The van der Waals surface area contributed by atoms with Crippen molar-refractivity contribution in [3.63, 3.8) is 0 Å². The first-order valence-electron chi connectivity index (χ1n) is 7.36. The van der Waals surface area contributed by atoms with Gasteiger partial charge in [0.2, 0.25) is 0 Å². The lowest BCUT2D eigenvalue weighted by Gasteiger charge is -2.08.